The van der Waals surface area contributed by atoms with Gasteiger partial charge in [-0.05, 0) is 49.2 Å². The van der Waals surface area contributed by atoms with Crippen LogP contribution in [0.2, 0.25) is 0 Å². The molecule has 0 aliphatic carbocycles. The van der Waals surface area contributed by atoms with Crippen molar-refractivity contribution >= 4 is 11.8 Å². The molecule has 3 aromatic rings. The lowest BCUT2D eigenvalue weighted by atomic mass is 10.1. The van der Waals surface area contributed by atoms with Crippen LogP contribution in [0.1, 0.15) is 36.2 Å². The standard InChI is InChI=1S/C23H28N4OS/c1-28-21-12-8-11-20(15-21)18-29-23-25-24-22(17-26-13-6-3-7-14-26)27(23)16-19-9-4-2-5-10-19/h2,4-5,8-12,15H,3,6-7,13-14,16-18H2,1H3. The molecular weight excluding hydrogens is 380 g/mol. The van der Waals surface area contributed by atoms with Gasteiger partial charge in [0.1, 0.15) is 11.6 Å². The van der Waals surface area contributed by atoms with Crippen LogP contribution in [0.5, 0.6) is 5.75 Å². The van der Waals surface area contributed by atoms with E-state index in [1.165, 1.54) is 30.4 Å². The Morgan fingerprint density at radius 2 is 1.69 bits per heavy atom. The Morgan fingerprint density at radius 3 is 2.48 bits per heavy atom. The normalized spacial score (nSPS) is 14.8. The van der Waals surface area contributed by atoms with Crippen molar-refractivity contribution in [2.45, 2.75) is 43.3 Å². The SMILES string of the molecule is COc1cccc(CSc2nnc(CN3CCCCC3)n2Cc2ccccc2)c1. The first-order valence-electron chi connectivity index (χ1n) is 10.3. The molecule has 0 radical (unpaired) electrons. The molecule has 0 unspecified atom stereocenters. The molecule has 2 heterocycles. The van der Waals surface area contributed by atoms with Crippen LogP contribution in [-0.4, -0.2) is 39.9 Å². The van der Waals surface area contributed by atoms with Gasteiger partial charge in [0.15, 0.2) is 5.16 Å². The van der Waals surface area contributed by atoms with Crippen LogP contribution in [-0.2, 0) is 18.8 Å². The maximum Gasteiger partial charge on any atom is 0.191 e. The quantitative estimate of drug-likeness (QED) is 0.509. The third-order valence-electron chi connectivity index (χ3n) is 5.29. The van der Waals surface area contributed by atoms with Crippen molar-refractivity contribution in [2.24, 2.45) is 0 Å². The van der Waals surface area contributed by atoms with E-state index in [0.717, 1.165) is 48.7 Å². The highest BCUT2D eigenvalue weighted by molar-refractivity contribution is 7.98. The molecule has 6 heteroatoms. The summed E-state index contributed by atoms with van der Waals surface area (Å²) in [5.41, 5.74) is 2.50. The van der Waals surface area contributed by atoms with E-state index in [1.54, 1.807) is 18.9 Å². The van der Waals surface area contributed by atoms with Crippen molar-refractivity contribution in [2.75, 3.05) is 20.2 Å². The largest absolute Gasteiger partial charge is 0.497 e. The van der Waals surface area contributed by atoms with Gasteiger partial charge in [-0.25, -0.2) is 0 Å². The van der Waals surface area contributed by atoms with Crippen LogP contribution in [0.15, 0.2) is 59.8 Å². The van der Waals surface area contributed by atoms with Crippen LogP contribution in [0.25, 0.3) is 0 Å². The Morgan fingerprint density at radius 1 is 0.897 bits per heavy atom. The summed E-state index contributed by atoms with van der Waals surface area (Å²) in [6.07, 6.45) is 3.91. The van der Waals surface area contributed by atoms with Crippen molar-refractivity contribution in [3.63, 3.8) is 0 Å². The van der Waals surface area contributed by atoms with Gasteiger partial charge in [-0.3, -0.25) is 4.90 Å². The zero-order valence-electron chi connectivity index (χ0n) is 17.0. The van der Waals surface area contributed by atoms with E-state index in [4.69, 9.17) is 4.74 Å². The van der Waals surface area contributed by atoms with Gasteiger partial charge in [0.05, 0.1) is 20.2 Å². The highest BCUT2D eigenvalue weighted by atomic mass is 32.2. The van der Waals surface area contributed by atoms with Crippen LogP contribution in [0.4, 0.5) is 0 Å². The number of aromatic nitrogens is 3. The number of benzene rings is 2. The summed E-state index contributed by atoms with van der Waals surface area (Å²) >= 11 is 1.74. The fourth-order valence-electron chi connectivity index (χ4n) is 3.70. The maximum atomic E-state index is 5.35. The van der Waals surface area contributed by atoms with Crippen molar-refractivity contribution in [3.05, 3.63) is 71.5 Å². The summed E-state index contributed by atoms with van der Waals surface area (Å²) in [4.78, 5) is 2.51. The number of thioether (sulfide) groups is 1. The minimum absolute atomic E-state index is 0.803. The summed E-state index contributed by atoms with van der Waals surface area (Å²) in [5.74, 6) is 2.79. The molecule has 1 saturated heterocycles. The number of methoxy groups -OCH3 is 1. The van der Waals surface area contributed by atoms with Crippen molar-refractivity contribution in [1.29, 1.82) is 0 Å². The average Bonchev–Trinajstić information content (AvgIpc) is 3.15. The molecule has 5 nitrogen and oxygen atoms in total. The third kappa shape index (κ3) is 5.40. The molecule has 1 aromatic heterocycles. The monoisotopic (exact) mass is 408 g/mol. The summed E-state index contributed by atoms with van der Waals surface area (Å²) in [6, 6.07) is 18.8. The average molecular weight is 409 g/mol. The van der Waals surface area contributed by atoms with Gasteiger partial charge < -0.3 is 9.30 Å². The van der Waals surface area contributed by atoms with Crippen LogP contribution in [0.3, 0.4) is 0 Å². The summed E-state index contributed by atoms with van der Waals surface area (Å²) in [7, 11) is 1.70. The Labute approximate surface area is 177 Å². The maximum absolute atomic E-state index is 5.35. The number of ether oxygens (including phenoxy) is 1. The van der Waals surface area contributed by atoms with E-state index in [9.17, 15) is 0 Å². The first-order valence-corrected chi connectivity index (χ1v) is 11.2. The summed E-state index contributed by atoms with van der Waals surface area (Å²) in [5, 5.41) is 10.1. The topological polar surface area (TPSA) is 43.2 Å². The van der Waals surface area contributed by atoms with Crippen molar-refractivity contribution < 1.29 is 4.74 Å². The van der Waals surface area contributed by atoms with E-state index in [2.05, 4.69) is 62.1 Å². The van der Waals surface area contributed by atoms with E-state index in [1.807, 2.05) is 12.1 Å². The Bertz CT molecular complexity index is 906. The first kappa shape index (κ1) is 20.0. The van der Waals surface area contributed by atoms with E-state index in [-0.39, 0.29) is 0 Å². The molecule has 2 aromatic carbocycles. The molecule has 1 aliphatic rings. The lowest BCUT2D eigenvalue weighted by Crippen LogP contribution is -2.30. The van der Waals surface area contributed by atoms with E-state index in [0.29, 0.717) is 0 Å². The predicted molar refractivity (Wildman–Crippen MR) is 117 cm³/mol. The Balaban J connectivity index is 1.53. The highest BCUT2D eigenvalue weighted by Gasteiger charge is 2.18. The number of piperidine rings is 1. The molecule has 0 N–H and O–H groups in total. The zero-order chi connectivity index (χ0) is 19.9. The second-order valence-corrected chi connectivity index (χ2v) is 8.39. The molecule has 152 valence electrons. The number of nitrogens with zero attached hydrogens (tertiary/aromatic N) is 4. The number of rotatable bonds is 8. The van der Waals surface area contributed by atoms with Gasteiger partial charge in [0, 0.05) is 5.75 Å². The van der Waals surface area contributed by atoms with Gasteiger partial charge in [0.25, 0.3) is 0 Å². The third-order valence-corrected chi connectivity index (χ3v) is 6.33. The fourth-order valence-corrected chi connectivity index (χ4v) is 4.59. The van der Waals surface area contributed by atoms with Gasteiger partial charge in [-0.2, -0.15) is 0 Å². The number of hydrogen-bond acceptors (Lipinski definition) is 5. The molecule has 0 bridgehead atoms. The summed E-state index contributed by atoms with van der Waals surface area (Å²) in [6.45, 7) is 3.99. The lowest BCUT2D eigenvalue weighted by Gasteiger charge is -2.26. The smallest absolute Gasteiger partial charge is 0.191 e. The van der Waals surface area contributed by atoms with Gasteiger partial charge >= 0.3 is 0 Å². The molecule has 29 heavy (non-hydrogen) atoms. The van der Waals surface area contributed by atoms with Crippen molar-refractivity contribution in [1.82, 2.24) is 19.7 Å². The van der Waals surface area contributed by atoms with Gasteiger partial charge in [-0.15, -0.1) is 10.2 Å². The highest BCUT2D eigenvalue weighted by Crippen LogP contribution is 2.25. The Hall–Kier alpha value is -2.31. The molecule has 1 fully saturated rings. The molecule has 1 aliphatic heterocycles. The molecule has 0 atom stereocenters. The van der Waals surface area contributed by atoms with Crippen molar-refractivity contribution in [3.8, 4) is 5.75 Å². The van der Waals surface area contributed by atoms with E-state index >= 15 is 0 Å². The fraction of sp³-hybridized carbons (Fsp3) is 0.391. The van der Waals surface area contributed by atoms with Gasteiger partial charge in [0.2, 0.25) is 0 Å². The summed E-state index contributed by atoms with van der Waals surface area (Å²) < 4.78 is 7.64. The minimum Gasteiger partial charge on any atom is -0.497 e. The lowest BCUT2D eigenvalue weighted by molar-refractivity contribution is 0.213. The molecule has 0 spiro atoms. The van der Waals surface area contributed by atoms with E-state index < -0.39 is 0 Å². The second kappa shape index (κ2) is 9.94. The molecule has 4 rings (SSSR count). The zero-order valence-corrected chi connectivity index (χ0v) is 17.8. The van der Waals surface area contributed by atoms with Gasteiger partial charge in [-0.1, -0.05) is 60.6 Å². The minimum atomic E-state index is 0.803. The van der Waals surface area contributed by atoms with Crippen LogP contribution < -0.4 is 4.74 Å². The first-order chi connectivity index (χ1) is 14.3. The second-order valence-electron chi connectivity index (χ2n) is 7.45. The molecule has 0 amide bonds. The number of likely N-dealkylation sites (tertiary alicyclic amines) is 1. The predicted octanol–water partition coefficient (Wildman–Crippen LogP) is 4.61. The van der Waals surface area contributed by atoms with Crippen LogP contribution >= 0.6 is 11.8 Å². The van der Waals surface area contributed by atoms with Crippen LogP contribution in [0, 0.1) is 0 Å². The molecule has 0 saturated carbocycles. The number of hydrogen-bond donors (Lipinski definition) is 0. The molecular formula is C23H28N4OS. The Kier molecular flexibility index (Phi) is 6.85.